The Bertz CT molecular complexity index is 2670. The van der Waals surface area contributed by atoms with E-state index < -0.39 is 0 Å². The van der Waals surface area contributed by atoms with Crippen LogP contribution in [0.5, 0.6) is 11.5 Å². The first-order valence-corrected chi connectivity index (χ1v) is 23.0. The van der Waals surface area contributed by atoms with Gasteiger partial charge in [0.2, 0.25) is 0 Å². The third-order valence-corrected chi connectivity index (χ3v) is 12.8. The highest BCUT2D eigenvalue weighted by Crippen LogP contribution is 2.41. The standard InChI is InChI=1S/C60H56N4O2/c1-41-33-53(63(49-19-9-5-10-20-49)50-21-11-6-12-22-50)34-42(2)59(41)45-29-31-47(57(65)37-45)39-61-55-27-17-18-28-56(55)62-40-48-32-30-46(38-58(48)66)60-43(3)35-54(36-44(60)4)64(51-23-13-7-14-24-51)52-25-15-8-16-26-52/h5-16,19-26,29-40,55-56,65-66H,17-18,27-28H2,1-4H3. The SMILES string of the molecule is Cc1cc(N(c2ccccc2)c2ccccc2)cc(C)c1-c1ccc(C=NC2CCCCC2N=Cc2ccc(-c3c(C)cc(N(c4ccccc4)c4ccccc4)cc3C)cc2O)c(O)c1. The molecular weight excluding hydrogens is 809 g/mol. The fraction of sp³-hybridized carbons (Fsp3) is 0.167. The number of aromatic hydroxyl groups is 2. The highest BCUT2D eigenvalue weighted by molar-refractivity contribution is 5.89. The molecule has 0 heterocycles. The zero-order valence-corrected chi connectivity index (χ0v) is 38.1. The molecule has 0 spiro atoms. The van der Waals surface area contributed by atoms with Crippen molar-refractivity contribution in [3.8, 4) is 33.8 Å². The summed E-state index contributed by atoms with van der Waals surface area (Å²) in [6, 6.07) is 62.3. The first-order valence-electron chi connectivity index (χ1n) is 23.0. The molecule has 1 fully saturated rings. The highest BCUT2D eigenvalue weighted by atomic mass is 16.3. The maximum Gasteiger partial charge on any atom is 0.124 e. The topological polar surface area (TPSA) is 71.7 Å². The second-order valence-corrected chi connectivity index (χ2v) is 17.4. The largest absolute Gasteiger partial charge is 0.507 e. The molecule has 0 saturated heterocycles. The molecule has 2 N–H and O–H groups in total. The van der Waals surface area contributed by atoms with Crippen molar-refractivity contribution in [2.75, 3.05) is 9.80 Å². The van der Waals surface area contributed by atoms with Gasteiger partial charge in [-0.2, -0.15) is 0 Å². The Balaban J connectivity index is 0.908. The third-order valence-electron chi connectivity index (χ3n) is 12.8. The number of para-hydroxylation sites is 4. The number of phenolic OH excluding ortho intramolecular Hbond substituents is 2. The minimum Gasteiger partial charge on any atom is -0.507 e. The number of aryl methyl sites for hydroxylation is 4. The number of benzene rings is 8. The molecule has 0 aromatic heterocycles. The number of nitrogens with zero attached hydrogens (tertiary/aromatic N) is 4. The average molecular weight is 865 g/mol. The summed E-state index contributed by atoms with van der Waals surface area (Å²) in [5.41, 5.74) is 16.5. The van der Waals surface area contributed by atoms with E-state index in [-0.39, 0.29) is 23.6 Å². The molecule has 0 bridgehead atoms. The van der Waals surface area contributed by atoms with Gasteiger partial charge in [0.15, 0.2) is 0 Å². The van der Waals surface area contributed by atoms with Gasteiger partial charge in [-0.3, -0.25) is 9.98 Å². The molecule has 1 aliphatic carbocycles. The number of rotatable bonds is 12. The van der Waals surface area contributed by atoms with Crippen molar-refractivity contribution in [1.82, 2.24) is 0 Å². The van der Waals surface area contributed by atoms with E-state index in [9.17, 15) is 10.2 Å². The van der Waals surface area contributed by atoms with Crippen LogP contribution in [0.25, 0.3) is 22.3 Å². The third kappa shape index (κ3) is 9.41. The predicted molar refractivity (Wildman–Crippen MR) is 277 cm³/mol. The molecule has 66 heavy (non-hydrogen) atoms. The minimum atomic E-state index is -0.0279. The molecular formula is C60H56N4O2. The van der Waals surface area contributed by atoms with Gasteiger partial charge in [0.25, 0.3) is 0 Å². The summed E-state index contributed by atoms with van der Waals surface area (Å²) in [6.07, 6.45) is 7.59. The van der Waals surface area contributed by atoms with Gasteiger partial charge in [-0.05, 0) is 182 Å². The first-order chi connectivity index (χ1) is 32.2. The van der Waals surface area contributed by atoms with Crippen LogP contribution in [0.2, 0.25) is 0 Å². The van der Waals surface area contributed by atoms with Gasteiger partial charge in [-0.25, -0.2) is 0 Å². The van der Waals surface area contributed by atoms with Gasteiger partial charge < -0.3 is 20.0 Å². The van der Waals surface area contributed by atoms with E-state index in [0.717, 1.165) is 104 Å². The predicted octanol–water partition coefficient (Wildman–Crippen LogP) is 15.5. The lowest BCUT2D eigenvalue weighted by Gasteiger charge is -2.27. The molecule has 2 atom stereocenters. The van der Waals surface area contributed by atoms with Crippen molar-refractivity contribution in [3.63, 3.8) is 0 Å². The minimum absolute atomic E-state index is 0.0279. The van der Waals surface area contributed by atoms with Crippen LogP contribution < -0.4 is 9.80 Å². The second-order valence-electron chi connectivity index (χ2n) is 17.4. The monoisotopic (exact) mass is 864 g/mol. The fourth-order valence-corrected chi connectivity index (χ4v) is 9.66. The van der Waals surface area contributed by atoms with Crippen LogP contribution in [-0.2, 0) is 0 Å². The Morgan fingerprint density at radius 3 is 0.985 bits per heavy atom. The highest BCUT2D eigenvalue weighted by Gasteiger charge is 2.24. The lowest BCUT2D eigenvalue weighted by molar-refractivity contribution is 0.390. The van der Waals surface area contributed by atoms with Gasteiger partial charge in [-0.15, -0.1) is 0 Å². The Morgan fingerprint density at radius 2 is 0.697 bits per heavy atom. The van der Waals surface area contributed by atoms with E-state index >= 15 is 0 Å². The smallest absolute Gasteiger partial charge is 0.124 e. The van der Waals surface area contributed by atoms with E-state index in [0.29, 0.717) is 11.1 Å². The molecule has 8 aromatic rings. The van der Waals surface area contributed by atoms with Gasteiger partial charge in [-0.1, -0.05) is 97.8 Å². The van der Waals surface area contributed by atoms with Crippen LogP contribution in [0.15, 0.2) is 192 Å². The van der Waals surface area contributed by atoms with Gasteiger partial charge in [0.1, 0.15) is 11.5 Å². The molecule has 6 nitrogen and oxygen atoms in total. The lowest BCUT2D eigenvalue weighted by Crippen LogP contribution is -2.27. The van der Waals surface area contributed by atoms with Crippen molar-refractivity contribution in [2.45, 2.75) is 65.5 Å². The van der Waals surface area contributed by atoms with Crippen LogP contribution in [0.1, 0.15) is 59.1 Å². The van der Waals surface area contributed by atoms with Gasteiger partial charge in [0.05, 0.1) is 12.1 Å². The number of anilines is 6. The van der Waals surface area contributed by atoms with Crippen molar-refractivity contribution < 1.29 is 10.2 Å². The van der Waals surface area contributed by atoms with Crippen molar-refractivity contribution in [3.05, 3.63) is 215 Å². The molecule has 8 aromatic carbocycles. The quantitative estimate of drug-likeness (QED) is 0.120. The molecule has 6 heteroatoms. The summed E-state index contributed by atoms with van der Waals surface area (Å²) >= 11 is 0. The van der Waals surface area contributed by atoms with E-state index in [4.69, 9.17) is 9.98 Å². The summed E-state index contributed by atoms with van der Waals surface area (Å²) in [6.45, 7) is 8.55. The number of aliphatic imine (C=N–C) groups is 2. The summed E-state index contributed by atoms with van der Waals surface area (Å²) < 4.78 is 0. The average Bonchev–Trinajstić information content (AvgIpc) is 3.32. The van der Waals surface area contributed by atoms with Crippen molar-refractivity contribution >= 4 is 46.6 Å². The van der Waals surface area contributed by atoms with E-state index in [1.54, 1.807) is 12.4 Å². The normalized spacial score (nSPS) is 15.0. The maximum atomic E-state index is 11.4. The molecule has 1 saturated carbocycles. The number of hydrogen-bond acceptors (Lipinski definition) is 6. The molecule has 0 amide bonds. The Kier molecular flexibility index (Phi) is 12.9. The Hall–Kier alpha value is -7.70. The second kappa shape index (κ2) is 19.6. The summed E-state index contributed by atoms with van der Waals surface area (Å²) in [7, 11) is 0. The molecule has 9 rings (SSSR count). The van der Waals surface area contributed by atoms with E-state index in [1.807, 2.05) is 48.5 Å². The molecule has 328 valence electrons. The van der Waals surface area contributed by atoms with Crippen LogP contribution in [0.3, 0.4) is 0 Å². The summed E-state index contributed by atoms with van der Waals surface area (Å²) in [5.74, 6) is 0.389. The van der Waals surface area contributed by atoms with E-state index in [1.165, 1.54) is 0 Å². The van der Waals surface area contributed by atoms with Crippen LogP contribution in [0, 0.1) is 27.7 Å². The Labute approximate surface area is 389 Å². The first kappa shape index (κ1) is 43.5. The van der Waals surface area contributed by atoms with Gasteiger partial charge >= 0.3 is 0 Å². The van der Waals surface area contributed by atoms with E-state index in [2.05, 4.69) is 171 Å². The zero-order chi connectivity index (χ0) is 45.6. The maximum absolute atomic E-state index is 11.4. The zero-order valence-electron chi connectivity index (χ0n) is 38.1. The fourth-order valence-electron chi connectivity index (χ4n) is 9.66. The van der Waals surface area contributed by atoms with Crippen LogP contribution in [0.4, 0.5) is 34.1 Å². The van der Waals surface area contributed by atoms with Crippen LogP contribution in [-0.4, -0.2) is 34.7 Å². The molecule has 0 aliphatic heterocycles. The Morgan fingerprint density at radius 1 is 0.394 bits per heavy atom. The number of hydrogen-bond donors (Lipinski definition) is 2. The molecule has 2 unspecified atom stereocenters. The summed E-state index contributed by atoms with van der Waals surface area (Å²) in [4.78, 5) is 14.6. The van der Waals surface area contributed by atoms with Crippen molar-refractivity contribution in [2.24, 2.45) is 9.98 Å². The molecule has 1 aliphatic rings. The molecule has 0 radical (unpaired) electrons. The number of phenols is 2. The van der Waals surface area contributed by atoms with Crippen molar-refractivity contribution in [1.29, 1.82) is 0 Å². The summed E-state index contributed by atoms with van der Waals surface area (Å²) in [5, 5.41) is 22.7. The van der Waals surface area contributed by atoms with Crippen LogP contribution >= 0.6 is 0 Å². The van der Waals surface area contributed by atoms with Gasteiger partial charge in [0, 0.05) is 57.7 Å². The lowest BCUT2D eigenvalue weighted by atomic mass is 9.91.